The molecule has 2 aromatic heterocycles. The van der Waals surface area contributed by atoms with E-state index in [0.29, 0.717) is 42.4 Å². The summed E-state index contributed by atoms with van der Waals surface area (Å²) in [7, 11) is 0. The Hall–Kier alpha value is -3.44. The predicted molar refractivity (Wildman–Crippen MR) is 106 cm³/mol. The van der Waals surface area contributed by atoms with Gasteiger partial charge in [-0.3, -0.25) is 9.59 Å². The first-order chi connectivity index (χ1) is 15.0. The summed E-state index contributed by atoms with van der Waals surface area (Å²) in [5, 5.41) is 20.1. The van der Waals surface area contributed by atoms with Crippen molar-refractivity contribution in [1.29, 1.82) is 0 Å². The minimum absolute atomic E-state index is 0.0228. The molecule has 0 bridgehead atoms. The Kier molecular flexibility index (Phi) is 5.87. The van der Waals surface area contributed by atoms with Gasteiger partial charge >= 0.3 is 0 Å². The molecular formula is C20H21FN6O4. The number of H-pyrrole nitrogens is 1. The lowest BCUT2D eigenvalue weighted by atomic mass is 10.1. The number of hydrogen-bond donors (Lipinski definition) is 3. The van der Waals surface area contributed by atoms with E-state index in [4.69, 9.17) is 4.74 Å². The van der Waals surface area contributed by atoms with Crippen LogP contribution in [0.3, 0.4) is 0 Å². The fourth-order valence-corrected chi connectivity index (χ4v) is 3.46. The van der Waals surface area contributed by atoms with Crippen molar-refractivity contribution in [2.24, 2.45) is 0 Å². The number of aromatic nitrogens is 5. The second-order valence-corrected chi connectivity index (χ2v) is 7.24. The number of aryl methyl sites for hydroxylation is 1. The van der Waals surface area contributed by atoms with E-state index in [-0.39, 0.29) is 23.7 Å². The minimum atomic E-state index is -0.632. The maximum atomic E-state index is 13.8. The largest absolute Gasteiger partial charge is 0.391 e. The Morgan fingerprint density at radius 2 is 2.29 bits per heavy atom. The number of carbonyl (C=O) groups excluding carboxylic acids is 1. The predicted octanol–water partition coefficient (Wildman–Crippen LogP) is 0.724. The highest BCUT2D eigenvalue weighted by Crippen LogP contribution is 2.22. The molecule has 0 spiro atoms. The summed E-state index contributed by atoms with van der Waals surface area (Å²) in [6, 6.07) is 4.11. The molecule has 4 rings (SSSR count). The molecule has 3 N–H and O–H groups in total. The highest BCUT2D eigenvalue weighted by atomic mass is 19.1. The van der Waals surface area contributed by atoms with Crippen LogP contribution in [0.1, 0.15) is 45.5 Å². The van der Waals surface area contributed by atoms with Crippen molar-refractivity contribution in [2.75, 3.05) is 13.2 Å². The summed E-state index contributed by atoms with van der Waals surface area (Å²) in [6.07, 6.45) is 2.22. The van der Waals surface area contributed by atoms with Gasteiger partial charge in [-0.1, -0.05) is 11.3 Å². The molecule has 31 heavy (non-hydrogen) atoms. The smallest absolute Gasteiger partial charge is 0.270 e. The van der Waals surface area contributed by atoms with Gasteiger partial charge in [0, 0.05) is 19.1 Å². The van der Waals surface area contributed by atoms with Gasteiger partial charge in [0.25, 0.3) is 11.5 Å². The van der Waals surface area contributed by atoms with E-state index in [0.717, 1.165) is 0 Å². The Morgan fingerprint density at radius 3 is 2.97 bits per heavy atom. The minimum Gasteiger partial charge on any atom is -0.391 e. The van der Waals surface area contributed by atoms with E-state index < -0.39 is 23.9 Å². The van der Waals surface area contributed by atoms with Crippen molar-refractivity contribution in [2.45, 2.75) is 32.4 Å². The standard InChI is InChI=1S/C20H21FN6O4/c1-11-7-23-26-27(11)16-6-14(21)3-2-12(16)8-22-20(30)17-15(9-28)19(29)25-18(24-17)13-4-5-31-10-13/h2-3,6-7,13,28H,4-5,8-10H2,1H3,(H,22,30)(H,24,25,29). The molecule has 0 aliphatic carbocycles. The number of carbonyl (C=O) groups is 1. The van der Waals surface area contributed by atoms with Gasteiger partial charge in [0.2, 0.25) is 0 Å². The summed E-state index contributed by atoms with van der Waals surface area (Å²) in [5.74, 6) is -0.848. The summed E-state index contributed by atoms with van der Waals surface area (Å²) < 4.78 is 20.6. The first-order valence-corrected chi connectivity index (χ1v) is 9.74. The summed E-state index contributed by atoms with van der Waals surface area (Å²) >= 11 is 0. The normalized spacial score (nSPS) is 15.9. The molecule has 1 aliphatic rings. The van der Waals surface area contributed by atoms with Crippen molar-refractivity contribution in [3.8, 4) is 5.69 Å². The number of aliphatic hydroxyl groups is 1. The van der Waals surface area contributed by atoms with Crippen LogP contribution in [0.5, 0.6) is 0 Å². The van der Waals surface area contributed by atoms with E-state index in [1.54, 1.807) is 6.92 Å². The van der Waals surface area contributed by atoms with Gasteiger partial charge in [-0.2, -0.15) is 0 Å². The van der Waals surface area contributed by atoms with Gasteiger partial charge in [-0.05, 0) is 31.0 Å². The molecule has 162 valence electrons. The van der Waals surface area contributed by atoms with Gasteiger partial charge in [0.1, 0.15) is 17.3 Å². The number of hydrogen-bond acceptors (Lipinski definition) is 7. The van der Waals surface area contributed by atoms with Crippen LogP contribution in [0.15, 0.2) is 29.2 Å². The van der Waals surface area contributed by atoms with Gasteiger partial charge in [-0.25, -0.2) is 14.1 Å². The Morgan fingerprint density at radius 1 is 1.45 bits per heavy atom. The molecule has 1 unspecified atom stereocenters. The van der Waals surface area contributed by atoms with E-state index in [1.165, 1.54) is 29.1 Å². The van der Waals surface area contributed by atoms with E-state index in [2.05, 4.69) is 25.6 Å². The number of benzene rings is 1. The number of amides is 1. The number of nitrogens with zero attached hydrogens (tertiary/aromatic N) is 4. The van der Waals surface area contributed by atoms with Gasteiger partial charge < -0.3 is 20.1 Å². The number of halogens is 1. The molecule has 0 radical (unpaired) electrons. The van der Waals surface area contributed by atoms with Gasteiger partial charge in [-0.15, -0.1) is 5.10 Å². The van der Waals surface area contributed by atoms with Crippen LogP contribution < -0.4 is 10.9 Å². The molecule has 3 aromatic rings. The molecule has 11 heteroatoms. The van der Waals surface area contributed by atoms with Crippen LogP contribution >= 0.6 is 0 Å². The Bertz CT molecular complexity index is 1170. The van der Waals surface area contributed by atoms with Crippen molar-refractivity contribution in [1.82, 2.24) is 30.3 Å². The van der Waals surface area contributed by atoms with Crippen molar-refractivity contribution in [3.05, 3.63) is 68.9 Å². The van der Waals surface area contributed by atoms with Crippen molar-refractivity contribution in [3.63, 3.8) is 0 Å². The SMILES string of the molecule is Cc1cnnn1-c1cc(F)ccc1CNC(=O)c1nc(C2CCOC2)[nH]c(=O)c1CO. The number of aromatic amines is 1. The average molecular weight is 428 g/mol. The monoisotopic (exact) mass is 428 g/mol. The highest BCUT2D eigenvalue weighted by molar-refractivity contribution is 5.93. The number of rotatable bonds is 6. The van der Waals surface area contributed by atoms with Crippen LogP contribution in [0.4, 0.5) is 4.39 Å². The molecule has 1 fully saturated rings. The lowest BCUT2D eigenvalue weighted by Crippen LogP contribution is -2.31. The zero-order valence-electron chi connectivity index (χ0n) is 16.8. The van der Waals surface area contributed by atoms with Crippen LogP contribution in [0, 0.1) is 12.7 Å². The molecular weight excluding hydrogens is 407 g/mol. The third kappa shape index (κ3) is 4.23. The first kappa shape index (κ1) is 20.8. The first-order valence-electron chi connectivity index (χ1n) is 9.74. The maximum Gasteiger partial charge on any atom is 0.270 e. The zero-order valence-corrected chi connectivity index (χ0v) is 16.8. The number of nitrogens with one attached hydrogen (secondary N) is 2. The van der Waals surface area contributed by atoms with E-state index in [9.17, 15) is 19.1 Å². The summed E-state index contributed by atoms with van der Waals surface area (Å²) in [4.78, 5) is 32.2. The molecule has 1 aliphatic heterocycles. The summed E-state index contributed by atoms with van der Waals surface area (Å²) in [6.45, 7) is 2.11. The fourth-order valence-electron chi connectivity index (χ4n) is 3.46. The second-order valence-electron chi connectivity index (χ2n) is 7.24. The second kappa shape index (κ2) is 8.74. The summed E-state index contributed by atoms with van der Waals surface area (Å²) in [5.41, 5.74) is 0.884. The van der Waals surface area contributed by atoms with Crippen LogP contribution in [-0.2, 0) is 17.9 Å². The molecule has 10 nitrogen and oxygen atoms in total. The van der Waals surface area contributed by atoms with Crippen LogP contribution in [-0.4, -0.2) is 49.2 Å². The molecule has 1 atom stereocenters. The number of aliphatic hydroxyl groups excluding tert-OH is 1. The van der Waals surface area contributed by atoms with Gasteiger partial charge in [0.05, 0.1) is 36.4 Å². The fraction of sp³-hybridized carbons (Fsp3) is 0.350. The molecule has 1 amide bonds. The molecule has 1 saturated heterocycles. The lowest BCUT2D eigenvalue weighted by molar-refractivity contribution is 0.0941. The third-order valence-electron chi connectivity index (χ3n) is 5.16. The third-order valence-corrected chi connectivity index (χ3v) is 5.16. The van der Waals surface area contributed by atoms with E-state index in [1.807, 2.05) is 0 Å². The zero-order chi connectivity index (χ0) is 22.0. The van der Waals surface area contributed by atoms with Crippen LogP contribution in [0.25, 0.3) is 5.69 Å². The maximum absolute atomic E-state index is 13.8. The quantitative estimate of drug-likeness (QED) is 0.527. The van der Waals surface area contributed by atoms with Crippen LogP contribution in [0.2, 0.25) is 0 Å². The number of ether oxygens (including phenoxy) is 1. The van der Waals surface area contributed by atoms with Crippen molar-refractivity contribution < 1.29 is 19.0 Å². The molecule has 0 saturated carbocycles. The van der Waals surface area contributed by atoms with E-state index >= 15 is 0 Å². The van der Waals surface area contributed by atoms with Crippen molar-refractivity contribution >= 4 is 5.91 Å². The van der Waals surface area contributed by atoms with Gasteiger partial charge in [0.15, 0.2) is 0 Å². The Balaban J connectivity index is 1.61. The Labute approximate surface area is 176 Å². The highest BCUT2D eigenvalue weighted by Gasteiger charge is 2.25. The molecule has 1 aromatic carbocycles. The average Bonchev–Trinajstić information content (AvgIpc) is 3.44. The molecule has 3 heterocycles. The lowest BCUT2D eigenvalue weighted by Gasteiger charge is -2.14. The topological polar surface area (TPSA) is 135 Å².